The molecule has 1 saturated heterocycles. The van der Waals surface area contributed by atoms with E-state index >= 15 is 0 Å². The Balaban J connectivity index is 1.82. The molecule has 1 aromatic carbocycles. The predicted octanol–water partition coefficient (Wildman–Crippen LogP) is 3.82. The fourth-order valence-corrected chi connectivity index (χ4v) is 3.12. The Bertz CT molecular complexity index is 600. The average Bonchev–Trinajstić information content (AvgIpc) is 2.48. The van der Waals surface area contributed by atoms with Crippen LogP contribution in [0.4, 0.5) is 5.82 Å². The summed E-state index contributed by atoms with van der Waals surface area (Å²) in [5.41, 5.74) is 2.73. The zero-order chi connectivity index (χ0) is 13.9. The van der Waals surface area contributed by atoms with Crippen LogP contribution in [-0.4, -0.2) is 23.1 Å². The van der Waals surface area contributed by atoms with Crippen LogP contribution in [0.5, 0.6) is 0 Å². The number of aromatic nitrogens is 2. The number of anilines is 1. The molecule has 2 heterocycles. The first-order valence-electron chi connectivity index (χ1n) is 7.02. The van der Waals surface area contributed by atoms with E-state index in [-0.39, 0.29) is 0 Å². The molecule has 0 radical (unpaired) electrons. The normalized spacial score (nSPS) is 19.1. The van der Waals surface area contributed by atoms with Crippen molar-refractivity contribution < 1.29 is 0 Å². The van der Waals surface area contributed by atoms with Gasteiger partial charge in [0.2, 0.25) is 0 Å². The summed E-state index contributed by atoms with van der Waals surface area (Å²) in [6.07, 6.45) is 5.72. The van der Waals surface area contributed by atoms with Crippen molar-refractivity contribution in [3.8, 4) is 0 Å². The number of aryl methyl sites for hydroxylation is 1. The van der Waals surface area contributed by atoms with Gasteiger partial charge in [-0.3, -0.25) is 0 Å². The lowest BCUT2D eigenvalue weighted by atomic mass is 9.90. The maximum atomic E-state index is 6.16. The summed E-state index contributed by atoms with van der Waals surface area (Å²) < 4.78 is 0. The highest BCUT2D eigenvalue weighted by molar-refractivity contribution is 6.31. The number of piperidine rings is 1. The van der Waals surface area contributed by atoms with Gasteiger partial charge in [-0.25, -0.2) is 9.97 Å². The van der Waals surface area contributed by atoms with Crippen molar-refractivity contribution in [2.75, 3.05) is 18.0 Å². The second-order valence-corrected chi connectivity index (χ2v) is 5.73. The fraction of sp³-hybridized carbons (Fsp3) is 0.375. The second kappa shape index (κ2) is 5.80. The van der Waals surface area contributed by atoms with E-state index < -0.39 is 0 Å². The minimum Gasteiger partial charge on any atom is -0.353 e. The first-order valence-corrected chi connectivity index (χ1v) is 7.40. The highest BCUT2D eigenvalue weighted by atomic mass is 35.5. The lowest BCUT2D eigenvalue weighted by Gasteiger charge is -2.34. The van der Waals surface area contributed by atoms with Crippen LogP contribution in [0.2, 0.25) is 5.15 Å². The number of hydrogen-bond acceptors (Lipinski definition) is 3. The van der Waals surface area contributed by atoms with Gasteiger partial charge >= 0.3 is 0 Å². The van der Waals surface area contributed by atoms with Gasteiger partial charge in [-0.1, -0.05) is 41.4 Å². The van der Waals surface area contributed by atoms with Crippen LogP contribution >= 0.6 is 11.6 Å². The average molecular weight is 288 g/mol. The van der Waals surface area contributed by atoms with Crippen molar-refractivity contribution in [2.45, 2.75) is 25.7 Å². The Kier molecular flexibility index (Phi) is 3.88. The number of halogens is 1. The molecule has 3 rings (SSSR count). The van der Waals surface area contributed by atoms with Crippen LogP contribution in [0.15, 0.2) is 36.7 Å². The standard InChI is InChI=1S/C16H18ClN3/c1-12-4-2-5-13(10-12)14-6-3-9-20(11-14)16-15(17)18-7-8-19-16/h2,4-5,7-8,10,14H,3,6,9,11H2,1H3/t14-/m0/s1. The van der Waals surface area contributed by atoms with Crippen molar-refractivity contribution in [1.29, 1.82) is 0 Å². The Labute approximate surface area is 124 Å². The molecule has 2 aromatic rings. The summed E-state index contributed by atoms with van der Waals surface area (Å²) in [7, 11) is 0. The second-order valence-electron chi connectivity index (χ2n) is 5.37. The van der Waals surface area contributed by atoms with Gasteiger partial charge in [0, 0.05) is 31.4 Å². The molecule has 4 heteroatoms. The van der Waals surface area contributed by atoms with E-state index in [1.165, 1.54) is 17.5 Å². The van der Waals surface area contributed by atoms with E-state index in [9.17, 15) is 0 Å². The molecule has 1 aromatic heterocycles. The first-order chi connectivity index (χ1) is 9.74. The molecule has 0 saturated carbocycles. The van der Waals surface area contributed by atoms with Gasteiger partial charge in [-0.15, -0.1) is 0 Å². The zero-order valence-electron chi connectivity index (χ0n) is 11.6. The quantitative estimate of drug-likeness (QED) is 0.841. The number of rotatable bonds is 2. The molecule has 20 heavy (non-hydrogen) atoms. The predicted molar refractivity (Wildman–Crippen MR) is 82.4 cm³/mol. The van der Waals surface area contributed by atoms with E-state index in [0.29, 0.717) is 11.1 Å². The third kappa shape index (κ3) is 2.78. The molecule has 0 aliphatic carbocycles. The van der Waals surface area contributed by atoms with Gasteiger partial charge in [0.1, 0.15) is 0 Å². The molecule has 1 atom stereocenters. The highest BCUT2D eigenvalue weighted by Gasteiger charge is 2.23. The van der Waals surface area contributed by atoms with Gasteiger partial charge in [-0.2, -0.15) is 0 Å². The molecule has 104 valence electrons. The van der Waals surface area contributed by atoms with E-state index in [1.54, 1.807) is 12.4 Å². The minimum absolute atomic E-state index is 0.498. The Morgan fingerprint density at radius 3 is 2.90 bits per heavy atom. The van der Waals surface area contributed by atoms with Crippen molar-refractivity contribution in [2.24, 2.45) is 0 Å². The molecule has 0 spiro atoms. The van der Waals surface area contributed by atoms with E-state index in [4.69, 9.17) is 11.6 Å². The van der Waals surface area contributed by atoms with Crippen LogP contribution in [0.1, 0.15) is 29.9 Å². The Morgan fingerprint density at radius 2 is 2.10 bits per heavy atom. The maximum Gasteiger partial charge on any atom is 0.171 e. The third-order valence-electron chi connectivity index (χ3n) is 3.87. The first kappa shape index (κ1) is 13.4. The van der Waals surface area contributed by atoms with Gasteiger partial charge in [0.05, 0.1) is 0 Å². The Morgan fingerprint density at radius 1 is 1.25 bits per heavy atom. The summed E-state index contributed by atoms with van der Waals surface area (Å²) in [4.78, 5) is 10.8. The summed E-state index contributed by atoms with van der Waals surface area (Å²) in [5, 5.41) is 0.498. The summed E-state index contributed by atoms with van der Waals surface area (Å²) in [5.74, 6) is 1.35. The smallest absolute Gasteiger partial charge is 0.171 e. The molecule has 0 bridgehead atoms. The number of hydrogen-bond donors (Lipinski definition) is 0. The van der Waals surface area contributed by atoms with E-state index in [2.05, 4.69) is 46.1 Å². The molecule has 0 amide bonds. The van der Waals surface area contributed by atoms with Crippen LogP contribution in [0.3, 0.4) is 0 Å². The summed E-state index contributed by atoms with van der Waals surface area (Å²) >= 11 is 6.16. The largest absolute Gasteiger partial charge is 0.353 e. The van der Waals surface area contributed by atoms with Crippen LogP contribution in [-0.2, 0) is 0 Å². The van der Waals surface area contributed by atoms with Crippen molar-refractivity contribution in [1.82, 2.24) is 9.97 Å². The molecule has 1 fully saturated rings. The van der Waals surface area contributed by atoms with Gasteiger partial charge < -0.3 is 4.90 Å². The highest BCUT2D eigenvalue weighted by Crippen LogP contribution is 2.31. The number of benzene rings is 1. The van der Waals surface area contributed by atoms with E-state index in [1.807, 2.05) is 0 Å². The fourth-order valence-electron chi connectivity index (χ4n) is 2.89. The number of nitrogens with zero attached hydrogens (tertiary/aromatic N) is 3. The lowest BCUT2D eigenvalue weighted by Crippen LogP contribution is -2.35. The zero-order valence-corrected chi connectivity index (χ0v) is 12.3. The summed E-state index contributed by atoms with van der Waals surface area (Å²) in [6, 6.07) is 8.79. The molecule has 1 aliphatic heterocycles. The van der Waals surface area contributed by atoms with Gasteiger partial charge in [0.15, 0.2) is 11.0 Å². The van der Waals surface area contributed by atoms with Crippen LogP contribution in [0, 0.1) is 6.92 Å². The summed E-state index contributed by atoms with van der Waals surface area (Å²) in [6.45, 7) is 4.10. The molecule has 0 N–H and O–H groups in total. The van der Waals surface area contributed by atoms with Gasteiger partial charge in [-0.05, 0) is 25.3 Å². The molecule has 3 nitrogen and oxygen atoms in total. The topological polar surface area (TPSA) is 29.0 Å². The van der Waals surface area contributed by atoms with E-state index in [0.717, 1.165) is 25.3 Å². The monoisotopic (exact) mass is 287 g/mol. The molecular formula is C16H18ClN3. The van der Waals surface area contributed by atoms with Crippen LogP contribution < -0.4 is 4.90 Å². The van der Waals surface area contributed by atoms with Crippen molar-refractivity contribution >= 4 is 17.4 Å². The van der Waals surface area contributed by atoms with Gasteiger partial charge in [0.25, 0.3) is 0 Å². The van der Waals surface area contributed by atoms with Crippen LogP contribution in [0.25, 0.3) is 0 Å². The molecule has 0 unspecified atom stereocenters. The molecule has 1 aliphatic rings. The maximum absolute atomic E-state index is 6.16. The molecular weight excluding hydrogens is 270 g/mol. The van der Waals surface area contributed by atoms with Crippen molar-refractivity contribution in [3.63, 3.8) is 0 Å². The Hall–Kier alpha value is -1.61. The SMILES string of the molecule is Cc1cccc([C@H]2CCCN(c3nccnc3Cl)C2)c1. The minimum atomic E-state index is 0.498. The van der Waals surface area contributed by atoms with Crippen molar-refractivity contribution in [3.05, 3.63) is 52.9 Å². The third-order valence-corrected chi connectivity index (χ3v) is 4.14. The lowest BCUT2D eigenvalue weighted by molar-refractivity contribution is 0.506.